The van der Waals surface area contributed by atoms with E-state index in [9.17, 15) is 25.2 Å². The fourth-order valence-electron chi connectivity index (χ4n) is 10.3. The zero-order chi connectivity index (χ0) is 26.0. The predicted octanol–water partition coefficient (Wildman–Crippen LogP) is 4.07. The number of carbonyl (C=O) groups is 1. The van der Waals surface area contributed by atoms with Gasteiger partial charge in [0.25, 0.3) is 0 Å². The lowest BCUT2D eigenvalue weighted by atomic mass is 9.49. The lowest BCUT2D eigenvalue weighted by Gasteiger charge is -2.56. The Morgan fingerprint density at radius 1 is 0.861 bits per heavy atom. The van der Waals surface area contributed by atoms with Gasteiger partial charge in [-0.25, -0.2) is 0 Å². The fourth-order valence-corrected chi connectivity index (χ4v) is 10.3. The molecule has 36 heavy (non-hydrogen) atoms. The second-order valence-corrected chi connectivity index (χ2v) is 14.1. The first-order valence-electron chi connectivity index (χ1n) is 14.9. The molecule has 4 saturated carbocycles. The minimum absolute atomic E-state index is 0.00289. The van der Waals surface area contributed by atoms with Crippen LogP contribution in [0.2, 0.25) is 0 Å². The summed E-state index contributed by atoms with van der Waals surface area (Å²) in [6.07, 6.45) is 6.68. The number of ether oxygens (including phenoxy) is 1. The molecule has 1 saturated heterocycles. The van der Waals surface area contributed by atoms with Gasteiger partial charge in [-0.05, 0) is 78.9 Å². The number of esters is 1. The van der Waals surface area contributed by atoms with Gasteiger partial charge in [-0.3, -0.25) is 4.79 Å². The van der Waals surface area contributed by atoms with Crippen molar-refractivity contribution in [3.8, 4) is 0 Å². The smallest absolute Gasteiger partial charge is 0.306 e. The van der Waals surface area contributed by atoms with Gasteiger partial charge in [-0.1, -0.05) is 53.4 Å². The standard InChI is InChI=1S/C30H50O6/c1-16(18-7-5-6-8-18)27(34)28(35)17(2)20-9-10-21-19-13-26(33)36-25-14-23(31)24(32)15-30(25,4)22(19)11-12-29(20,21)3/h16-25,27-28,31-32,34-35H,5-15H2,1-4H3/t16-,17-,19?,20+,21?,22?,23-,24+,25?,27+,28+,29+,30+/m0/s1. The summed E-state index contributed by atoms with van der Waals surface area (Å²) in [5.41, 5.74) is -0.311. The molecule has 1 heterocycles. The number of carbonyl (C=O) groups excluding carboxylic acids is 1. The molecule has 0 aromatic carbocycles. The van der Waals surface area contributed by atoms with E-state index in [0.29, 0.717) is 37.0 Å². The summed E-state index contributed by atoms with van der Waals surface area (Å²) in [5, 5.41) is 43.4. The van der Waals surface area contributed by atoms with Gasteiger partial charge in [0.05, 0.1) is 24.4 Å². The molecule has 0 amide bonds. The molecule has 6 heteroatoms. The second-order valence-electron chi connectivity index (χ2n) is 14.1. The van der Waals surface area contributed by atoms with E-state index in [-0.39, 0.29) is 46.6 Å². The Balaban J connectivity index is 1.35. The maximum Gasteiger partial charge on any atom is 0.306 e. The molecule has 6 nitrogen and oxygen atoms in total. The highest BCUT2D eigenvalue weighted by atomic mass is 16.5. The quantitative estimate of drug-likeness (QED) is 0.419. The Bertz CT molecular complexity index is 811. The Kier molecular flexibility index (Phi) is 7.33. The van der Waals surface area contributed by atoms with Gasteiger partial charge in [0.2, 0.25) is 0 Å². The second kappa shape index (κ2) is 9.81. The van der Waals surface area contributed by atoms with Gasteiger partial charge in [-0.2, -0.15) is 0 Å². The van der Waals surface area contributed by atoms with Crippen LogP contribution in [0.15, 0.2) is 0 Å². The molecular formula is C30H50O6. The first-order valence-corrected chi connectivity index (χ1v) is 14.9. The average Bonchev–Trinajstić information content (AvgIpc) is 3.46. The Labute approximate surface area is 217 Å². The van der Waals surface area contributed by atoms with Crippen molar-refractivity contribution >= 4 is 5.97 Å². The van der Waals surface area contributed by atoms with Crippen LogP contribution in [0, 0.1) is 52.3 Å². The summed E-state index contributed by atoms with van der Waals surface area (Å²) in [7, 11) is 0. The molecule has 4 aliphatic carbocycles. The summed E-state index contributed by atoms with van der Waals surface area (Å²) in [5.74, 6) is 1.63. The zero-order valence-electron chi connectivity index (χ0n) is 22.8. The highest BCUT2D eigenvalue weighted by Crippen LogP contribution is 2.66. The van der Waals surface area contributed by atoms with Gasteiger partial charge in [0.1, 0.15) is 6.10 Å². The average molecular weight is 507 g/mol. The first kappa shape index (κ1) is 26.9. The van der Waals surface area contributed by atoms with Gasteiger partial charge in [0.15, 0.2) is 0 Å². The van der Waals surface area contributed by atoms with Gasteiger partial charge in [0, 0.05) is 18.3 Å². The summed E-state index contributed by atoms with van der Waals surface area (Å²) in [4.78, 5) is 13.0. The predicted molar refractivity (Wildman–Crippen MR) is 137 cm³/mol. The van der Waals surface area contributed by atoms with Crippen molar-refractivity contribution in [1.29, 1.82) is 0 Å². The van der Waals surface area contributed by atoms with Crippen LogP contribution in [0.1, 0.15) is 98.3 Å². The molecule has 1 aliphatic heterocycles. The van der Waals surface area contributed by atoms with E-state index in [1.54, 1.807) is 0 Å². The van der Waals surface area contributed by atoms with Crippen molar-refractivity contribution < 1.29 is 30.0 Å². The van der Waals surface area contributed by atoms with E-state index < -0.39 is 24.4 Å². The summed E-state index contributed by atoms with van der Waals surface area (Å²) >= 11 is 0. The van der Waals surface area contributed by atoms with Crippen LogP contribution in [0.3, 0.4) is 0 Å². The molecule has 0 aromatic heterocycles. The molecular weight excluding hydrogens is 456 g/mol. The molecule has 4 unspecified atom stereocenters. The van der Waals surface area contributed by atoms with Crippen LogP contribution < -0.4 is 0 Å². The van der Waals surface area contributed by atoms with Crippen LogP contribution in [-0.2, 0) is 9.53 Å². The number of hydrogen-bond acceptors (Lipinski definition) is 6. The highest BCUT2D eigenvalue weighted by Gasteiger charge is 2.62. The molecule has 5 rings (SSSR count). The lowest BCUT2D eigenvalue weighted by molar-refractivity contribution is -0.175. The molecule has 0 aromatic rings. The third-order valence-electron chi connectivity index (χ3n) is 12.5. The van der Waals surface area contributed by atoms with Crippen molar-refractivity contribution in [2.45, 2.75) is 129 Å². The van der Waals surface area contributed by atoms with Gasteiger partial charge in [-0.15, -0.1) is 0 Å². The Morgan fingerprint density at radius 3 is 2.19 bits per heavy atom. The first-order chi connectivity index (χ1) is 17.0. The molecule has 0 radical (unpaired) electrons. The van der Waals surface area contributed by atoms with Gasteiger partial charge >= 0.3 is 5.97 Å². The van der Waals surface area contributed by atoms with Crippen molar-refractivity contribution in [3.63, 3.8) is 0 Å². The topological polar surface area (TPSA) is 107 Å². The van der Waals surface area contributed by atoms with E-state index in [1.807, 2.05) is 0 Å². The monoisotopic (exact) mass is 506 g/mol. The summed E-state index contributed by atoms with van der Waals surface area (Å²) in [6, 6.07) is 0. The van der Waals surface area contributed by atoms with E-state index >= 15 is 0 Å². The summed E-state index contributed by atoms with van der Waals surface area (Å²) < 4.78 is 5.95. The van der Waals surface area contributed by atoms with Crippen LogP contribution in [0.25, 0.3) is 0 Å². The highest BCUT2D eigenvalue weighted by molar-refractivity contribution is 5.70. The van der Waals surface area contributed by atoms with E-state index in [1.165, 1.54) is 12.8 Å². The molecule has 5 aliphatic rings. The molecule has 0 bridgehead atoms. The normalized spacial score (nSPS) is 48.7. The summed E-state index contributed by atoms with van der Waals surface area (Å²) in [6.45, 7) is 8.80. The number of hydrogen-bond donors (Lipinski definition) is 4. The number of rotatable bonds is 5. The molecule has 0 spiro atoms. The van der Waals surface area contributed by atoms with Crippen molar-refractivity contribution in [3.05, 3.63) is 0 Å². The third-order valence-corrected chi connectivity index (χ3v) is 12.5. The van der Waals surface area contributed by atoms with E-state index in [4.69, 9.17) is 4.74 Å². The van der Waals surface area contributed by atoms with E-state index in [0.717, 1.165) is 38.5 Å². The zero-order valence-corrected chi connectivity index (χ0v) is 22.8. The minimum atomic E-state index is -0.836. The molecule has 13 atom stereocenters. The number of fused-ring (bicyclic) bond motifs is 5. The Morgan fingerprint density at radius 2 is 1.50 bits per heavy atom. The number of aliphatic hydroxyl groups excluding tert-OH is 4. The Hall–Kier alpha value is -0.690. The van der Waals surface area contributed by atoms with Crippen LogP contribution >= 0.6 is 0 Å². The minimum Gasteiger partial charge on any atom is -0.462 e. The van der Waals surface area contributed by atoms with Crippen molar-refractivity contribution in [1.82, 2.24) is 0 Å². The van der Waals surface area contributed by atoms with Crippen LogP contribution in [0.5, 0.6) is 0 Å². The van der Waals surface area contributed by atoms with E-state index in [2.05, 4.69) is 27.7 Å². The third kappa shape index (κ3) is 4.26. The molecule has 5 fully saturated rings. The maximum atomic E-state index is 13.0. The number of aliphatic hydroxyl groups is 4. The maximum absolute atomic E-state index is 13.0. The van der Waals surface area contributed by atoms with Gasteiger partial charge < -0.3 is 25.2 Å². The molecule has 206 valence electrons. The molecule has 4 N–H and O–H groups in total. The van der Waals surface area contributed by atoms with Crippen molar-refractivity contribution in [2.24, 2.45) is 52.3 Å². The van der Waals surface area contributed by atoms with Crippen LogP contribution in [0.4, 0.5) is 0 Å². The SMILES string of the molecule is C[C@H]([C@@H](O)[C@H](O)[C@@H](C)C1CCCC1)[C@H]1CCC2C3CC(=O)OC4C[C@H](O)[C@H](O)C[C@]4(C)C3CC[C@@]21C. The van der Waals surface area contributed by atoms with Crippen molar-refractivity contribution in [2.75, 3.05) is 0 Å². The fraction of sp³-hybridized carbons (Fsp3) is 0.967. The lowest BCUT2D eigenvalue weighted by Crippen LogP contribution is -2.55. The largest absolute Gasteiger partial charge is 0.462 e. The van der Waals surface area contributed by atoms with Crippen LogP contribution in [-0.4, -0.2) is 56.9 Å².